The summed E-state index contributed by atoms with van der Waals surface area (Å²) in [5.41, 5.74) is 10.3. The molecule has 0 aliphatic heterocycles. The molecule has 1 radical (unpaired) electrons. The van der Waals surface area contributed by atoms with Gasteiger partial charge in [-0.25, -0.2) is 0 Å². The first kappa shape index (κ1) is 14.1. The summed E-state index contributed by atoms with van der Waals surface area (Å²) in [6.07, 6.45) is 14.8. The normalized spacial score (nSPS) is 49.2. The number of carbonyl (C=O) groups excluding carboxylic acids is 1. The van der Waals surface area contributed by atoms with Crippen LogP contribution in [0.25, 0.3) is 0 Å². The molecule has 0 spiro atoms. The predicted octanol–water partition coefficient (Wildman–Crippen LogP) is 3.69. The molecule has 4 unspecified atom stereocenters. The van der Waals surface area contributed by atoms with Crippen molar-refractivity contribution in [1.82, 2.24) is 5.53 Å². The van der Waals surface area contributed by atoms with E-state index < -0.39 is 0 Å². The Hall–Kier alpha value is -1.51. The van der Waals surface area contributed by atoms with Gasteiger partial charge in [-0.1, -0.05) is 44.2 Å². The molecular formula is C19H23N2O. The van der Waals surface area contributed by atoms with Crippen LogP contribution in [0.4, 0.5) is 0 Å². The van der Waals surface area contributed by atoms with Crippen LogP contribution in [0.3, 0.4) is 0 Å². The summed E-state index contributed by atoms with van der Waals surface area (Å²) < 4.78 is 0. The minimum atomic E-state index is -0.216. The lowest BCUT2D eigenvalue weighted by Crippen LogP contribution is -2.48. The lowest BCUT2D eigenvalue weighted by Gasteiger charge is -2.53. The highest BCUT2D eigenvalue weighted by atomic mass is 16.1. The molecule has 4 aliphatic carbocycles. The van der Waals surface area contributed by atoms with Crippen LogP contribution in [0.5, 0.6) is 0 Å². The van der Waals surface area contributed by atoms with E-state index >= 15 is 0 Å². The van der Waals surface area contributed by atoms with Crippen molar-refractivity contribution in [1.29, 1.82) is 0 Å². The minimum absolute atomic E-state index is 0.0214. The average molecular weight is 295 g/mol. The highest BCUT2D eigenvalue weighted by Gasteiger charge is 2.57. The minimum Gasteiger partial charge on any atom is -0.299 e. The molecule has 0 amide bonds. The maximum atomic E-state index is 12.4. The van der Waals surface area contributed by atoms with Crippen LogP contribution in [0.15, 0.2) is 41.1 Å². The Labute approximate surface area is 132 Å². The SMILES string of the molecule is C[C@]12C=CC(N=[N])C=C1C=CC1C2CC[C@]2(C)C(=O)CCC12. The van der Waals surface area contributed by atoms with Gasteiger partial charge in [0.1, 0.15) is 11.8 Å². The number of Topliss-reactive ketones (excluding diaryl/α,β-unsaturated/α-hetero) is 1. The zero-order valence-corrected chi connectivity index (χ0v) is 13.3. The number of fused-ring (bicyclic) bond motifs is 5. The quantitative estimate of drug-likeness (QED) is 0.537. The van der Waals surface area contributed by atoms with Gasteiger partial charge in [0.15, 0.2) is 0 Å². The van der Waals surface area contributed by atoms with Gasteiger partial charge in [-0.2, -0.15) is 5.11 Å². The number of nitrogens with zero attached hydrogens (tertiary/aromatic N) is 2. The molecule has 4 aliphatic rings. The van der Waals surface area contributed by atoms with E-state index in [-0.39, 0.29) is 16.9 Å². The van der Waals surface area contributed by atoms with Crippen molar-refractivity contribution in [3.05, 3.63) is 36.0 Å². The van der Waals surface area contributed by atoms with E-state index in [0.29, 0.717) is 23.5 Å². The molecule has 0 aromatic carbocycles. The topological polar surface area (TPSA) is 51.7 Å². The molecule has 22 heavy (non-hydrogen) atoms. The van der Waals surface area contributed by atoms with Crippen molar-refractivity contribution in [3.63, 3.8) is 0 Å². The van der Waals surface area contributed by atoms with Crippen molar-refractivity contribution >= 4 is 5.78 Å². The summed E-state index contributed by atoms with van der Waals surface area (Å²) >= 11 is 0. The molecule has 6 atom stereocenters. The molecule has 0 bridgehead atoms. The molecule has 2 fully saturated rings. The maximum absolute atomic E-state index is 12.4. The monoisotopic (exact) mass is 295 g/mol. The average Bonchev–Trinajstić information content (AvgIpc) is 2.82. The fourth-order valence-electron chi connectivity index (χ4n) is 5.61. The third kappa shape index (κ3) is 1.65. The lowest BCUT2D eigenvalue weighted by atomic mass is 9.50. The van der Waals surface area contributed by atoms with Crippen LogP contribution in [0, 0.1) is 28.6 Å². The van der Waals surface area contributed by atoms with Gasteiger partial charge in [-0.05, 0) is 48.1 Å². The van der Waals surface area contributed by atoms with Gasteiger partial charge in [0, 0.05) is 17.3 Å². The second-order valence-corrected chi connectivity index (χ2v) is 7.94. The predicted molar refractivity (Wildman–Crippen MR) is 84.9 cm³/mol. The molecule has 4 rings (SSSR count). The number of allylic oxidation sites excluding steroid dienone is 4. The van der Waals surface area contributed by atoms with E-state index in [2.05, 4.69) is 43.3 Å². The largest absolute Gasteiger partial charge is 0.299 e. The fourth-order valence-corrected chi connectivity index (χ4v) is 5.61. The molecule has 0 aromatic rings. The summed E-state index contributed by atoms with van der Waals surface area (Å²) in [4.78, 5) is 12.4. The van der Waals surface area contributed by atoms with Crippen LogP contribution in [0.1, 0.15) is 39.5 Å². The van der Waals surface area contributed by atoms with Gasteiger partial charge < -0.3 is 0 Å². The highest BCUT2D eigenvalue weighted by molar-refractivity contribution is 5.87. The maximum Gasteiger partial charge on any atom is 0.139 e. The van der Waals surface area contributed by atoms with Gasteiger partial charge in [0.2, 0.25) is 0 Å². The highest BCUT2D eigenvalue weighted by Crippen LogP contribution is 2.61. The zero-order chi connectivity index (χ0) is 15.5. The van der Waals surface area contributed by atoms with Crippen molar-refractivity contribution in [2.24, 2.45) is 33.7 Å². The molecule has 0 N–H and O–H groups in total. The number of ketones is 1. The third-order valence-corrected chi connectivity index (χ3v) is 7.06. The summed E-state index contributed by atoms with van der Waals surface area (Å²) in [5, 5.41) is 3.41. The molecule has 0 saturated heterocycles. The van der Waals surface area contributed by atoms with Gasteiger partial charge in [0.05, 0.1) is 0 Å². The molecular weight excluding hydrogens is 272 g/mol. The van der Waals surface area contributed by atoms with Gasteiger partial charge in [-0.3, -0.25) is 4.79 Å². The lowest BCUT2D eigenvalue weighted by molar-refractivity contribution is -0.130. The number of carbonyl (C=O) groups is 1. The zero-order valence-electron chi connectivity index (χ0n) is 13.3. The Balaban J connectivity index is 1.75. The standard InChI is InChI=1S/C19H23N2O/c1-18-9-7-13(21-20)11-12(18)3-4-14-15-5-6-17(22)19(15,2)10-8-16(14)18/h3-4,7,9,11,13-16H,5-6,8,10H2,1-2H3/t13?,14?,15?,16?,18-,19-/m0/s1. The third-order valence-electron chi connectivity index (χ3n) is 7.06. The Morgan fingerprint density at radius 3 is 2.82 bits per heavy atom. The van der Waals surface area contributed by atoms with Crippen molar-refractivity contribution < 1.29 is 4.79 Å². The summed E-state index contributed by atoms with van der Waals surface area (Å²) in [6.45, 7) is 4.51. The summed E-state index contributed by atoms with van der Waals surface area (Å²) in [5.74, 6) is 2.04. The summed E-state index contributed by atoms with van der Waals surface area (Å²) in [7, 11) is 0. The van der Waals surface area contributed by atoms with E-state index in [1.807, 2.05) is 6.08 Å². The molecule has 0 aromatic heterocycles. The Morgan fingerprint density at radius 2 is 2.05 bits per heavy atom. The van der Waals surface area contributed by atoms with Crippen LogP contribution in [-0.2, 0) is 4.79 Å². The van der Waals surface area contributed by atoms with E-state index in [1.165, 1.54) is 5.57 Å². The van der Waals surface area contributed by atoms with Crippen LogP contribution < -0.4 is 5.53 Å². The van der Waals surface area contributed by atoms with E-state index in [1.54, 1.807) is 0 Å². The first-order chi connectivity index (χ1) is 10.5. The van der Waals surface area contributed by atoms with E-state index in [0.717, 1.165) is 25.7 Å². The van der Waals surface area contributed by atoms with Gasteiger partial charge >= 0.3 is 0 Å². The van der Waals surface area contributed by atoms with E-state index in [4.69, 9.17) is 5.53 Å². The fraction of sp³-hybridized carbons (Fsp3) is 0.632. The molecule has 2 saturated carbocycles. The smallest absolute Gasteiger partial charge is 0.139 e. The first-order valence-corrected chi connectivity index (χ1v) is 8.46. The first-order valence-electron chi connectivity index (χ1n) is 8.46. The van der Waals surface area contributed by atoms with Crippen molar-refractivity contribution in [2.45, 2.75) is 45.6 Å². The van der Waals surface area contributed by atoms with Crippen LogP contribution in [0.2, 0.25) is 0 Å². The number of hydrogen-bond donors (Lipinski definition) is 0. The second kappa shape index (κ2) is 4.50. The van der Waals surface area contributed by atoms with Crippen molar-refractivity contribution in [2.75, 3.05) is 0 Å². The Morgan fingerprint density at radius 1 is 1.23 bits per heavy atom. The number of rotatable bonds is 1. The van der Waals surface area contributed by atoms with Gasteiger partial charge in [-0.15, -0.1) is 0 Å². The molecule has 3 heteroatoms. The molecule has 0 heterocycles. The Kier molecular flexibility index (Phi) is 2.88. The molecule has 3 nitrogen and oxygen atoms in total. The second-order valence-electron chi connectivity index (χ2n) is 7.94. The van der Waals surface area contributed by atoms with Crippen LogP contribution in [-0.4, -0.2) is 11.8 Å². The molecule has 115 valence electrons. The summed E-state index contributed by atoms with van der Waals surface area (Å²) in [6, 6.07) is -0.216. The number of hydrogen-bond acceptors (Lipinski definition) is 2. The van der Waals surface area contributed by atoms with E-state index in [9.17, 15) is 4.79 Å². The van der Waals surface area contributed by atoms with Crippen molar-refractivity contribution in [3.8, 4) is 0 Å². The van der Waals surface area contributed by atoms with Crippen LogP contribution >= 0.6 is 0 Å². The van der Waals surface area contributed by atoms with Gasteiger partial charge in [0.25, 0.3) is 0 Å². The Bertz CT molecular complexity index is 631.